The van der Waals surface area contributed by atoms with E-state index in [4.69, 9.17) is 0 Å². The number of benzene rings is 1. The first-order valence-electron chi connectivity index (χ1n) is 6.07. The average Bonchev–Trinajstić information content (AvgIpc) is 2.27. The quantitative estimate of drug-likeness (QED) is 0.622. The molecule has 0 aliphatic carbocycles. The molecular formula is C15H22OSi. The van der Waals surface area contributed by atoms with E-state index in [1.54, 1.807) is 0 Å². The molecule has 1 atom stereocenters. The van der Waals surface area contributed by atoms with Gasteiger partial charge < -0.3 is 5.11 Å². The molecule has 92 valence electrons. The molecule has 0 aliphatic heterocycles. The third-order valence-corrected chi connectivity index (χ3v) is 5.01. The molecule has 2 heteroatoms. The summed E-state index contributed by atoms with van der Waals surface area (Å²) in [4.78, 5) is 0. The van der Waals surface area contributed by atoms with Crippen molar-refractivity contribution in [2.75, 3.05) is 0 Å². The molecule has 0 fully saturated rings. The monoisotopic (exact) mass is 246 g/mol. The second-order valence-electron chi connectivity index (χ2n) is 5.38. The van der Waals surface area contributed by atoms with Gasteiger partial charge in [0.05, 0.1) is 14.2 Å². The lowest BCUT2D eigenvalue weighted by atomic mass is 10.1. The van der Waals surface area contributed by atoms with Gasteiger partial charge in [0.2, 0.25) is 0 Å². The fourth-order valence-electron chi connectivity index (χ4n) is 1.98. The molecule has 1 rings (SSSR count). The molecule has 0 aliphatic rings. The Hall–Kier alpha value is -1.08. The van der Waals surface area contributed by atoms with Gasteiger partial charge in [0.1, 0.15) is 0 Å². The van der Waals surface area contributed by atoms with Crippen LogP contribution in [0.2, 0.25) is 19.6 Å². The fourth-order valence-corrected chi connectivity index (χ4v) is 3.65. The number of rotatable bonds is 5. The van der Waals surface area contributed by atoms with E-state index in [2.05, 4.69) is 44.1 Å². The second kappa shape index (κ2) is 6.01. The first-order chi connectivity index (χ1) is 7.95. The molecule has 0 saturated heterocycles. The molecule has 1 aromatic carbocycles. The molecule has 1 N–H and O–H groups in total. The summed E-state index contributed by atoms with van der Waals surface area (Å²) in [5, 5.41) is 11.2. The predicted molar refractivity (Wildman–Crippen MR) is 76.8 cm³/mol. The average molecular weight is 246 g/mol. The Bertz CT molecular complexity index is 397. The topological polar surface area (TPSA) is 20.2 Å². The number of aliphatic hydroxyl groups is 1. The van der Waals surface area contributed by atoms with Gasteiger partial charge in [-0.25, -0.2) is 0 Å². The highest BCUT2D eigenvalue weighted by atomic mass is 28.3. The standard InChI is InChI=1S/C15H22OSi/c1-5-15(17(2,3)4)14(16)12-11-13-9-7-6-8-10-13/h6-10,14,16H,1,11-12H2,2-4H3. The summed E-state index contributed by atoms with van der Waals surface area (Å²) in [6.07, 6.45) is 1.27. The normalized spacial score (nSPS) is 12.9. The largest absolute Gasteiger partial charge is 0.389 e. The van der Waals surface area contributed by atoms with Gasteiger partial charge in [-0.05, 0) is 23.6 Å². The van der Waals surface area contributed by atoms with E-state index in [0.29, 0.717) is 0 Å². The molecule has 0 bridgehead atoms. The highest BCUT2D eigenvalue weighted by Crippen LogP contribution is 2.20. The van der Waals surface area contributed by atoms with E-state index in [9.17, 15) is 5.11 Å². The van der Waals surface area contributed by atoms with Crippen LogP contribution in [0.5, 0.6) is 0 Å². The maximum atomic E-state index is 10.2. The highest BCUT2D eigenvalue weighted by molar-refractivity contribution is 6.83. The molecule has 17 heavy (non-hydrogen) atoms. The van der Waals surface area contributed by atoms with Crippen molar-refractivity contribution in [3.63, 3.8) is 0 Å². The minimum absolute atomic E-state index is 0.389. The molecule has 0 radical (unpaired) electrons. The third kappa shape index (κ3) is 4.35. The van der Waals surface area contributed by atoms with Gasteiger partial charge in [0.25, 0.3) is 0 Å². The Morgan fingerprint density at radius 2 is 1.88 bits per heavy atom. The van der Waals surface area contributed by atoms with Crippen molar-refractivity contribution in [1.29, 1.82) is 0 Å². The van der Waals surface area contributed by atoms with Crippen LogP contribution >= 0.6 is 0 Å². The minimum Gasteiger partial charge on any atom is -0.389 e. The molecule has 1 unspecified atom stereocenters. The van der Waals surface area contributed by atoms with Gasteiger partial charge in [-0.3, -0.25) is 0 Å². The fraction of sp³-hybridized carbons (Fsp3) is 0.400. The summed E-state index contributed by atoms with van der Waals surface area (Å²) in [6.45, 7) is 10.4. The van der Waals surface area contributed by atoms with Gasteiger partial charge in [-0.2, -0.15) is 0 Å². The molecule has 0 aromatic heterocycles. The Labute approximate surface area is 106 Å². The number of hydrogen-bond acceptors (Lipinski definition) is 1. The van der Waals surface area contributed by atoms with Gasteiger partial charge >= 0.3 is 0 Å². The van der Waals surface area contributed by atoms with Gasteiger partial charge in [-0.15, -0.1) is 5.73 Å². The summed E-state index contributed by atoms with van der Waals surface area (Å²) in [7, 11) is -1.49. The molecule has 0 heterocycles. The van der Waals surface area contributed by atoms with Gasteiger partial charge in [-0.1, -0.05) is 56.6 Å². The lowest BCUT2D eigenvalue weighted by Gasteiger charge is -2.23. The molecule has 0 amide bonds. The lowest BCUT2D eigenvalue weighted by molar-refractivity contribution is 0.207. The Morgan fingerprint density at radius 3 is 2.35 bits per heavy atom. The second-order valence-corrected chi connectivity index (χ2v) is 10.4. The summed E-state index contributed by atoms with van der Waals surface area (Å²) in [5.41, 5.74) is 4.23. The van der Waals surface area contributed by atoms with Crippen molar-refractivity contribution in [3.05, 3.63) is 53.4 Å². The van der Waals surface area contributed by atoms with Crippen LogP contribution in [0.15, 0.2) is 47.8 Å². The van der Waals surface area contributed by atoms with Crippen LogP contribution in [0.4, 0.5) is 0 Å². The lowest BCUT2D eigenvalue weighted by Crippen LogP contribution is -2.32. The molecule has 1 nitrogen and oxygen atoms in total. The van der Waals surface area contributed by atoms with Crippen molar-refractivity contribution in [2.24, 2.45) is 0 Å². The van der Waals surface area contributed by atoms with E-state index >= 15 is 0 Å². The summed E-state index contributed by atoms with van der Waals surface area (Å²) < 4.78 is 0. The van der Waals surface area contributed by atoms with Crippen molar-refractivity contribution in [1.82, 2.24) is 0 Å². The molecule has 1 aromatic rings. The maximum Gasteiger partial charge on any atom is 0.0857 e. The number of aryl methyl sites for hydroxylation is 1. The summed E-state index contributed by atoms with van der Waals surface area (Å²) >= 11 is 0. The van der Waals surface area contributed by atoms with Gasteiger partial charge in [0.15, 0.2) is 0 Å². The van der Waals surface area contributed by atoms with E-state index < -0.39 is 8.07 Å². The van der Waals surface area contributed by atoms with Crippen LogP contribution in [-0.2, 0) is 6.42 Å². The van der Waals surface area contributed by atoms with E-state index in [1.165, 1.54) is 5.56 Å². The molecular weight excluding hydrogens is 224 g/mol. The van der Waals surface area contributed by atoms with Crippen molar-refractivity contribution >= 4 is 8.07 Å². The Kier molecular flexibility index (Phi) is 4.95. The van der Waals surface area contributed by atoms with Crippen LogP contribution in [0.25, 0.3) is 0 Å². The first kappa shape index (κ1) is 14.0. The van der Waals surface area contributed by atoms with E-state index in [-0.39, 0.29) is 6.10 Å². The Morgan fingerprint density at radius 1 is 1.29 bits per heavy atom. The van der Waals surface area contributed by atoms with Crippen LogP contribution in [-0.4, -0.2) is 19.3 Å². The predicted octanol–water partition coefficient (Wildman–Crippen LogP) is 3.57. The smallest absolute Gasteiger partial charge is 0.0857 e. The summed E-state index contributed by atoms with van der Waals surface area (Å²) in [5.74, 6) is 0. The van der Waals surface area contributed by atoms with Gasteiger partial charge in [0, 0.05) is 0 Å². The SMILES string of the molecule is C=C=C(C(O)CCc1ccccc1)[Si](C)(C)C. The number of aliphatic hydroxyl groups excluding tert-OH is 1. The van der Waals surface area contributed by atoms with Crippen LogP contribution in [0.1, 0.15) is 12.0 Å². The zero-order valence-corrected chi connectivity index (χ0v) is 12.0. The van der Waals surface area contributed by atoms with Crippen molar-refractivity contribution in [3.8, 4) is 0 Å². The van der Waals surface area contributed by atoms with Crippen molar-refractivity contribution in [2.45, 2.75) is 38.6 Å². The third-order valence-electron chi connectivity index (χ3n) is 2.88. The zero-order chi connectivity index (χ0) is 12.9. The minimum atomic E-state index is -1.49. The van der Waals surface area contributed by atoms with Crippen molar-refractivity contribution < 1.29 is 5.11 Å². The summed E-state index contributed by atoms with van der Waals surface area (Å²) in [6, 6.07) is 10.3. The zero-order valence-electron chi connectivity index (χ0n) is 11.0. The maximum absolute atomic E-state index is 10.2. The molecule has 0 saturated carbocycles. The van der Waals surface area contributed by atoms with E-state index in [1.807, 2.05) is 18.2 Å². The molecule has 0 spiro atoms. The number of hydrogen-bond donors (Lipinski definition) is 1. The van der Waals surface area contributed by atoms with Crippen LogP contribution in [0.3, 0.4) is 0 Å². The van der Waals surface area contributed by atoms with E-state index in [0.717, 1.165) is 18.0 Å². The van der Waals surface area contributed by atoms with Crippen LogP contribution < -0.4 is 0 Å². The first-order valence-corrected chi connectivity index (χ1v) is 9.57. The highest BCUT2D eigenvalue weighted by Gasteiger charge is 2.25. The van der Waals surface area contributed by atoms with Crippen LogP contribution in [0, 0.1) is 0 Å². The Balaban J connectivity index is 2.61.